The predicted octanol–water partition coefficient (Wildman–Crippen LogP) is 2.21. The topological polar surface area (TPSA) is 99.3 Å². The van der Waals surface area contributed by atoms with Crippen LogP contribution in [0.15, 0.2) is 17.2 Å². The van der Waals surface area contributed by atoms with E-state index in [1.54, 1.807) is 0 Å². The van der Waals surface area contributed by atoms with Crippen LogP contribution in [0.4, 0.5) is 0 Å². The maximum atomic E-state index is 12.1. The van der Waals surface area contributed by atoms with Crippen LogP contribution in [0.2, 0.25) is 0 Å². The number of aromatic amines is 1. The van der Waals surface area contributed by atoms with Crippen molar-refractivity contribution in [3.8, 4) is 0 Å². The van der Waals surface area contributed by atoms with E-state index < -0.39 is 16.0 Å². The normalized spacial score (nSPS) is 23.1. The third-order valence-corrected chi connectivity index (χ3v) is 5.53. The lowest BCUT2D eigenvalue weighted by atomic mass is 9.81. The average Bonchev–Trinajstić information content (AvgIpc) is 2.89. The van der Waals surface area contributed by atoms with Crippen molar-refractivity contribution in [2.75, 3.05) is 6.54 Å². The number of carbonyl (C=O) groups is 1. The molecule has 0 aliphatic heterocycles. The first-order valence-electron chi connectivity index (χ1n) is 7.30. The Morgan fingerprint density at radius 1 is 1.48 bits per heavy atom. The van der Waals surface area contributed by atoms with Crippen molar-refractivity contribution in [2.45, 2.75) is 43.9 Å². The molecule has 0 bridgehead atoms. The second-order valence-corrected chi connectivity index (χ2v) is 7.65. The molecule has 1 aromatic rings. The number of aromatic nitrogens is 1. The largest absolute Gasteiger partial charge is 0.477 e. The van der Waals surface area contributed by atoms with Crippen LogP contribution in [0, 0.1) is 11.8 Å². The molecule has 1 aliphatic carbocycles. The molecule has 118 valence electrons. The zero-order valence-corrected chi connectivity index (χ0v) is 12.9. The molecular formula is C14H22N2O4S. The molecule has 21 heavy (non-hydrogen) atoms. The van der Waals surface area contributed by atoms with Crippen molar-refractivity contribution < 1.29 is 18.3 Å². The van der Waals surface area contributed by atoms with Gasteiger partial charge in [0.1, 0.15) is 10.6 Å². The molecule has 1 saturated carbocycles. The first kappa shape index (κ1) is 16.0. The van der Waals surface area contributed by atoms with Gasteiger partial charge >= 0.3 is 5.97 Å². The summed E-state index contributed by atoms with van der Waals surface area (Å²) in [5.41, 5.74) is -0.128. The lowest BCUT2D eigenvalue weighted by Gasteiger charge is -2.26. The summed E-state index contributed by atoms with van der Waals surface area (Å²) in [6, 6.07) is 1.13. The monoisotopic (exact) mass is 314 g/mol. The standard InChI is InChI=1S/C14H22N2O4S/c1-10-3-2-4-11(7-10)5-6-16-21(19,20)12-8-13(14(17)18)15-9-12/h8-11,15-16H,2-7H2,1H3,(H,17,18). The summed E-state index contributed by atoms with van der Waals surface area (Å²) in [5.74, 6) is 0.132. The summed E-state index contributed by atoms with van der Waals surface area (Å²) < 4.78 is 26.6. The molecule has 1 fully saturated rings. The van der Waals surface area contributed by atoms with E-state index in [0.717, 1.165) is 24.8 Å². The van der Waals surface area contributed by atoms with Gasteiger partial charge < -0.3 is 10.1 Å². The Balaban J connectivity index is 1.87. The Morgan fingerprint density at radius 2 is 2.24 bits per heavy atom. The van der Waals surface area contributed by atoms with Crippen molar-refractivity contribution in [1.29, 1.82) is 0 Å². The van der Waals surface area contributed by atoms with Crippen LogP contribution in [-0.2, 0) is 10.0 Å². The SMILES string of the molecule is CC1CCCC(CCNS(=O)(=O)c2c[nH]c(C(=O)O)c2)C1. The third-order valence-electron chi connectivity index (χ3n) is 4.09. The lowest BCUT2D eigenvalue weighted by molar-refractivity contribution is 0.0691. The van der Waals surface area contributed by atoms with Crippen LogP contribution in [0.1, 0.15) is 49.5 Å². The van der Waals surface area contributed by atoms with Gasteiger partial charge in [-0.05, 0) is 30.7 Å². The summed E-state index contributed by atoms with van der Waals surface area (Å²) in [7, 11) is -3.63. The minimum absolute atomic E-state index is 0.0306. The Morgan fingerprint density at radius 3 is 2.86 bits per heavy atom. The van der Waals surface area contributed by atoms with Crippen molar-refractivity contribution in [3.05, 3.63) is 18.0 Å². The van der Waals surface area contributed by atoms with E-state index in [-0.39, 0.29) is 10.6 Å². The van der Waals surface area contributed by atoms with Gasteiger partial charge in [-0.25, -0.2) is 17.9 Å². The van der Waals surface area contributed by atoms with Crippen LogP contribution < -0.4 is 4.72 Å². The first-order valence-corrected chi connectivity index (χ1v) is 8.78. The van der Waals surface area contributed by atoms with Crippen molar-refractivity contribution in [1.82, 2.24) is 9.71 Å². The molecule has 0 amide bonds. The van der Waals surface area contributed by atoms with Crippen LogP contribution in [-0.4, -0.2) is 31.0 Å². The van der Waals surface area contributed by atoms with E-state index in [0.29, 0.717) is 12.5 Å². The van der Waals surface area contributed by atoms with E-state index in [9.17, 15) is 13.2 Å². The highest BCUT2D eigenvalue weighted by Gasteiger charge is 2.21. The molecule has 1 aromatic heterocycles. The third kappa shape index (κ3) is 4.31. The molecule has 1 heterocycles. The second-order valence-electron chi connectivity index (χ2n) is 5.88. The molecule has 2 unspecified atom stereocenters. The van der Waals surface area contributed by atoms with Gasteiger partial charge in [-0.1, -0.05) is 26.2 Å². The molecular weight excluding hydrogens is 292 g/mol. The quantitative estimate of drug-likeness (QED) is 0.749. The molecule has 0 saturated heterocycles. The maximum absolute atomic E-state index is 12.1. The number of hydrogen-bond donors (Lipinski definition) is 3. The average molecular weight is 314 g/mol. The fourth-order valence-corrected chi connectivity index (χ4v) is 4.00. The maximum Gasteiger partial charge on any atom is 0.352 e. The number of nitrogens with one attached hydrogen (secondary N) is 2. The molecule has 3 N–H and O–H groups in total. The van der Waals surface area contributed by atoms with Gasteiger partial charge in [0.15, 0.2) is 0 Å². The minimum atomic E-state index is -3.63. The summed E-state index contributed by atoms with van der Waals surface area (Å²) in [6.45, 7) is 2.64. The number of H-pyrrole nitrogens is 1. The van der Waals surface area contributed by atoms with Gasteiger partial charge in [0.2, 0.25) is 10.0 Å². The van der Waals surface area contributed by atoms with Crippen molar-refractivity contribution >= 4 is 16.0 Å². The number of rotatable bonds is 6. The summed E-state index contributed by atoms with van der Waals surface area (Å²) in [4.78, 5) is 13.2. The fraction of sp³-hybridized carbons (Fsp3) is 0.643. The van der Waals surface area contributed by atoms with E-state index >= 15 is 0 Å². The summed E-state index contributed by atoms with van der Waals surface area (Å²) >= 11 is 0. The summed E-state index contributed by atoms with van der Waals surface area (Å²) in [5, 5.41) is 8.79. The van der Waals surface area contributed by atoms with Gasteiger partial charge in [-0.3, -0.25) is 0 Å². The van der Waals surface area contributed by atoms with Crippen molar-refractivity contribution in [2.24, 2.45) is 11.8 Å². The van der Waals surface area contributed by atoms with Gasteiger partial charge in [-0.15, -0.1) is 0 Å². The van der Waals surface area contributed by atoms with E-state index in [2.05, 4.69) is 16.6 Å². The fourth-order valence-electron chi connectivity index (χ4n) is 2.96. The number of hydrogen-bond acceptors (Lipinski definition) is 3. The minimum Gasteiger partial charge on any atom is -0.477 e. The van der Waals surface area contributed by atoms with Gasteiger partial charge in [-0.2, -0.15) is 0 Å². The highest BCUT2D eigenvalue weighted by molar-refractivity contribution is 7.89. The zero-order valence-electron chi connectivity index (χ0n) is 12.1. The van der Waals surface area contributed by atoms with E-state index in [1.807, 2.05) is 0 Å². The molecule has 6 nitrogen and oxygen atoms in total. The Bertz CT molecular complexity index is 594. The first-order chi connectivity index (χ1) is 9.88. The Labute approximate surface area is 125 Å². The van der Waals surface area contributed by atoms with E-state index in [1.165, 1.54) is 25.5 Å². The molecule has 0 spiro atoms. The lowest BCUT2D eigenvalue weighted by Crippen LogP contribution is -2.27. The highest BCUT2D eigenvalue weighted by atomic mass is 32.2. The number of carboxylic acids is 1. The molecule has 1 aliphatic rings. The number of aromatic carboxylic acids is 1. The van der Waals surface area contributed by atoms with Gasteiger partial charge in [0.25, 0.3) is 0 Å². The molecule has 2 atom stereocenters. The second kappa shape index (κ2) is 6.62. The Hall–Kier alpha value is -1.34. The van der Waals surface area contributed by atoms with Crippen molar-refractivity contribution in [3.63, 3.8) is 0 Å². The molecule has 0 aromatic carbocycles. The molecule has 0 radical (unpaired) electrons. The van der Waals surface area contributed by atoms with Crippen LogP contribution in [0.5, 0.6) is 0 Å². The van der Waals surface area contributed by atoms with Gasteiger partial charge in [0.05, 0.1) is 0 Å². The van der Waals surface area contributed by atoms with Crippen LogP contribution in [0.3, 0.4) is 0 Å². The number of carboxylic acid groups (broad SMARTS) is 1. The predicted molar refractivity (Wildman–Crippen MR) is 78.7 cm³/mol. The number of sulfonamides is 1. The zero-order chi connectivity index (χ0) is 15.5. The van der Waals surface area contributed by atoms with Gasteiger partial charge in [0, 0.05) is 12.7 Å². The van der Waals surface area contributed by atoms with Crippen LogP contribution >= 0.6 is 0 Å². The summed E-state index contributed by atoms with van der Waals surface area (Å²) in [6.07, 6.45) is 6.85. The van der Waals surface area contributed by atoms with Crippen LogP contribution in [0.25, 0.3) is 0 Å². The highest BCUT2D eigenvalue weighted by Crippen LogP contribution is 2.30. The molecule has 2 rings (SSSR count). The Kier molecular flexibility index (Phi) is 5.05. The molecule has 7 heteroatoms. The van der Waals surface area contributed by atoms with E-state index in [4.69, 9.17) is 5.11 Å². The smallest absolute Gasteiger partial charge is 0.352 e.